The van der Waals surface area contributed by atoms with E-state index in [9.17, 15) is 20.0 Å². The Kier molecular flexibility index (Phi) is 4.42. The molecular weight excluding hydrogens is 274 g/mol. The topological polar surface area (TPSA) is 95.7 Å². The number of nitrogens with one attached hydrogen (secondary N) is 1. The summed E-state index contributed by atoms with van der Waals surface area (Å²) in [6.45, 7) is 2.76. The minimum Gasteiger partial charge on any atom is -0.391 e. The van der Waals surface area contributed by atoms with Crippen LogP contribution in [0.3, 0.4) is 0 Å². The van der Waals surface area contributed by atoms with Crippen molar-refractivity contribution < 1.29 is 14.8 Å². The van der Waals surface area contributed by atoms with Crippen molar-refractivity contribution in [2.75, 3.05) is 25.5 Å². The number of carbonyl (C=O) groups excluding carboxylic acids is 1. The molecule has 0 bridgehead atoms. The predicted molar refractivity (Wildman–Crippen MR) is 78.3 cm³/mol. The molecule has 7 nitrogen and oxygen atoms in total. The quantitative estimate of drug-likeness (QED) is 0.650. The number of nitro benzene ring substituents is 1. The van der Waals surface area contributed by atoms with E-state index in [1.807, 2.05) is 6.92 Å². The summed E-state index contributed by atoms with van der Waals surface area (Å²) < 4.78 is 0. The number of nitrogens with zero attached hydrogens (tertiary/aromatic N) is 2. The lowest BCUT2D eigenvalue weighted by molar-refractivity contribution is -0.384. The first-order valence-electron chi connectivity index (χ1n) is 6.87. The van der Waals surface area contributed by atoms with Crippen molar-refractivity contribution in [1.82, 2.24) is 4.90 Å². The number of anilines is 1. The van der Waals surface area contributed by atoms with E-state index in [0.29, 0.717) is 12.2 Å². The summed E-state index contributed by atoms with van der Waals surface area (Å²) in [5.74, 6) is -0.123. The maximum atomic E-state index is 12.4. The van der Waals surface area contributed by atoms with Crippen LogP contribution in [0.5, 0.6) is 0 Å². The zero-order valence-electron chi connectivity index (χ0n) is 12.1. The molecule has 1 aliphatic rings. The highest BCUT2D eigenvalue weighted by Gasteiger charge is 2.28. The normalized spacial score (nSPS) is 22.0. The van der Waals surface area contributed by atoms with Crippen LogP contribution in [0, 0.1) is 16.0 Å². The number of piperidine rings is 1. The zero-order valence-corrected chi connectivity index (χ0v) is 12.1. The molecule has 0 spiro atoms. The Labute approximate surface area is 122 Å². The average molecular weight is 293 g/mol. The number of carbonyl (C=O) groups is 1. The molecule has 1 amide bonds. The summed E-state index contributed by atoms with van der Waals surface area (Å²) in [5, 5.41) is 23.6. The first-order valence-corrected chi connectivity index (χ1v) is 6.87. The molecule has 1 aliphatic heterocycles. The smallest absolute Gasteiger partial charge is 0.293 e. The Morgan fingerprint density at radius 1 is 1.52 bits per heavy atom. The van der Waals surface area contributed by atoms with Crippen molar-refractivity contribution in [3.63, 3.8) is 0 Å². The molecule has 114 valence electrons. The van der Waals surface area contributed by atoms with E-state index in [1.165, 1.54) is 12.1 Å². The van der Waals surface area contributed by atoms with Gasteiger partial charge in [-0.2, -0.15) is 0 Å². The number of amides is 1. The van der Waals surface area contributed by atoms with Crippen LogP contribution in [0.25, 0.3) is 0 Å². The minimum absolute atomic E-state index is 0.130. The molecule has 2 atom stereocenters. The van der Waals surface area contributed by atoms with Crippen molar-refractivity contribution in [1.29, 1.82) is 0 Å². The van der Waals surface area contributed by atoms with Crippen molar-refractivity contribution in [2.45, 2.75) is 19.4 Å². The van der Waals surface area contributed by atoms with Crippen LogP contribution in [-0.2, 0) is 0 Å². The lowest BCUT2D eigenvalue weighted by atomic mass is 9.95. The van der Waals surface area contributed by atoms with Crippen molar-refractivity contribution >= 4 is 17.3 Å². The molecule has 0 aliphatic carbocycles. The first-order chi connectivity index (χ1) is 9.93. The number of likely N-dealkylation sites (tertiary alicyclic amines) is 1. The summed E-state index contributed by atoms with van der Waals surface area (Å²) in [4.78, 5) is 24.5. The molecule has 1 fully saturated rings. The molecule has 1 aromatic carbocycles. The van der Waals surface area contributed by atoms with Crippen LogP contribution in [0.4, 0.5) is 11.4 Å². The van der Waals surface area contributed by atoms with Gasteiger partial charge in [0.2, 0.25) is 0 Å². The summed E-state index contributed by atoms with van der Waals surface area (Å²) in [7, 11) is 1.59. The zero-order chi connectivity index (χ0) is 15.6. The minimum atomic E-state index is -0.547. The van der Waals surface area contributed by atoms with Gasteiger partial charge in [-0.25, -0.2) is 0 Å². The lowest BCUT2D eigenvalue weighted by Gasteiger charge is -2.34. The van der Waals surface area contributed by atoms with Gasteiger partial charge in [0.05, 0.1) is 11.0 Å². The maximum Gasteiger partial charge on any atom is 0.293 e. The van der Waals surface area contributed by atoms with Crippen LogP contribution < -0.4 is 5.32 Å². The molecule has 21 heavy (non-hydrogen) atoms. The van der Waals surface area contributed by atoms with Gasteiger partial charge in [-0.1, -0.05) is 6.92 Å². The average Bonchev–Trinajstić information content (AvgIpc) is 2.48. The Morgan fingerprint density at radius 2 is 2.24 bits per heavy atom. The molecule has 0 aromatic heterocycles. The molecule has 0 saturated carbocycles. The van der Waals surface area contributed by atoms with Crippen LogP contribution >= 0.6 is 0 Å². The molecule has 1 heterocycles. The largest absolute Gasteiger partial charge is 0.391 e. The highest BCUT2D eigenvalue weighted by molar-refractivity contribution is 5.95. The van der Waals surface area contributed by atoms with E-state index >= 15 is 0 Å². The Balaban J connectivity index is 2.23. The van der Waals surface area contributed by atoms with Crippen molar-refractivity contribution in [3.8, 4) is 0 Å². The molecule has 1 aromatic rings. The fourth-order valence-electron chi connectivity index (χ4n) is 2.44. The van der Waals surface area contributed by atoms with Crippen LogP contribution in [0.2, 0.25) is 0 Å². The predicted octanol–water partition coefficient (Wildman–Crippen LogP) is 1.48. The van der Waals surface area contributed by atoms with Gasteiger partial charge in [0.25, 0.3) is 11.6 Å². The second-order valence-electron chi connectivity index (χ2n) is 5.32. The lowest BCUT2D eigenvalue weighted by Crippen LogP contribution is -2.45. The van der Waals surface area contributed by atoms with Gasteiger partial charge in [0, 0.05) is 31.8 Å². The second-order valence-corrected chi connectivity index (χ2v) is 5.32. The fraction of sp³-hybridized carbons (Fsp3) is 0.500. The van der Waals surface area contributed by atoms with Crippen molar-refractivity contribution in [3.05, 3.63) is 33.9 Å². The Hall–Kier alpha value is -2.15. The highest BCUT2D eigenvalue weighted by Crippen LogP contribution is 2.26. The van der Waals surface area contributed by atoms with Crippen LogP contribution in [-0.4, -0.2) is 47.1 Å². The van der Waals surface area contributed by atoms with Crippen LogP contribution in [0.1, 0.15) is 23.7 Å². The van der Waals surface area contributed by atoms with Gasteiger partial charge < -0.3 is 15.3 Å². The second kappa shape index (κ2) is 6.09. The third-order valence-electron chi connectivity index (χ3n) is 3.92. The molecule has 2 unspecified atom stereocenters. The highest BCUT2D eigenvalue weighted by atomic mass is 16.6. The number of benzene rings is 1. The maximum absolute atomic E-state index is 12.4. The number of β-amino-alcohol motifs (C(OH)–C–C–N with tert-alkyl or cyclic N) is 1. The van der Waals surface area contributed by atoms with E-state index in [4.69, 9.17) is 0 Å². The molecular formula is C14H19N3O4. The monoisotopic (exact) mass is 293 g/mol. The van der Waals surface area contributed by atoms with E-state index in [0.717, 1.165) is 6.42 Å². The Bertz CT molecular complexity index is 561. The van der Waals surface area contributed by atoms with Gasteiger partial charge in [-0.15, -0.1) is 0 Å². The van der Waals surface area contributed by atoms with Gasteiger partial charge in [-0.3, -0.25) is 14.9 Å². The molecule has 7 heteroatoms. The molecule has 0 radical (unpaired) electrons. The molecule has 1 saturated heterocycles. The number of hydrogen-bond acceptors (Lipinski definition) is 5. The van der Waals surface area contributed by atoms with Crippen molar-refractivity contribution in [2.24, 2.45) is 5.92 Å². The number of rotatable bonds is 3. The van der Waals surface area contributed by atoms with Gasteiger partial charge in [-0.05, 0) is 24.5 Å². The third-order valence-corrected chi connectivity index (χ3v) is 3.92. The third kappa shape index (κ3) is 3.13. The number of nitro groups is 1. The summed E-state index contributed by atoms with van der Waals surface area (Å²) in [5.41, 5.74) is 0.501. The number of aliphatic hydroxyl groups is 1. The Morgan fingerprint density at radius 3 is 2.81 bits per heavy atom. The summed E-state index contributed by atoms with van der Waals surface area (Å²) in [6.07, 6.45) is 0.179. The van der Waals surface area contributed by atoms with E-state index in [1.54, 1.807) is 18.0 Å². The first kappa shape index (κ1) is 15.2. The summed E-state index contributed by atoms with van der Waals surface area (Å²) >= 11 is 0. The van der Waals surface area contributed by atoms with Gasteiger partial charge in [0.1, 0.15) is 5.69 Å². The standard InChI is InChI=1S/C14H19N3O4/c1-9-5-6-16(8-13(9)18)14(19)10-3-4-11(15-2)12(7-10)17(20)21/h3-4,7,9,13,15,18H,5-6,8H2,1-2H3. The summed E-state index contributed by atoms with van der Waals surface area (Å²) in [6, 6.07) is 4.36. The fourth-order valence-corrected chi connectivity index (χ4v) is 2.44. The van der Waals surface area contributed by atoms with E-state index in [2.05, 4.69) is 5.32 Å². The molecule has 2 rings (SSSR count). The molecule has 2 N–H and O–H groups in total. The van der Waals surface area contributed by atoms with Gasteiger partial charge in [0.15, 0.2) is 0 Å². The van der Waals surface area contributed by atoms with Gasteiger partial charge >= 0.3 is 0 Å². The van der Waals surface area contributed by atoms with E-state index < -0.39 is 11.0 Å². The number of aliphatic hydroxyl groups excluding tert-OH is 1. The van der Waals surface area contributed by atoms with E-state index in [-0.39, 0.29) is 29.6 Å². The SMILES string of the molecule is CNc1ccc(C(=O)N2CCC(C)C(O)C2)cc1[N+](=O)[O-]. The number of hydrogen-bond donors (Lipinski definition) is 2. The van der Waals surface area contributed by atoms with Crippen LogP contribution in [0.15, 0.2) is 18.2 Å².